The van der Waals surface area contributed by atoms with E-state index in [1.165, 1.54) is 11.3 Å². The van der Waals surface area contributed by atoms with Crippen LogP contribution in [0.25, 0.3) is 16.8 Å². The first-order valence-corrected chi connectivity index (χ1v) is 14.7. The van der Waals surface area contributed by atoms with Gasteiger partial charge in [0.15, 0.2) is 16.3 Å². The van der Waals surface area contributed by atoms with Gasteiger partial charge in [0.05, 0.1) is 47.7 Å². The normalized spacial score (nSPS) is 15.0. The van der Waals surface area contributed by atoms with Gasteiger partial charge in [0.25, 0.3) is 5.56 Å². The SMILES string of the molecule is CCOC(=O)C1=C(C)N=c2s/c(=C\c3cc(Br)c(OCC)c(OC)c3)c(=O)n2[C@H]1c1c(OC)ccc2ccccc12. The highest BCUT2D eigenvalue weighted by Gasteiger charge is 2.36. The summed E-state index contributed by atoms with van der Waals surface area (Å²) in [5.74, 6) is 1.16. The number of ether oxygens (including phenoxy) is 4. The van der Waals surface area contributed by atoms with Crippen molar-refractivity contribution in [3.8, 4) is 17.2 Å². The van der Waals surface area contributed by atoms with Gasteiger partial charge >= 0.3 is 5.97 Å². The molecule has 4 aromatic rings. The molecule has 212 valence electrons. The van der Waals surface area contributed by atoms with Crippen LogP contribution in [0.1, 0.15) is 37.9 Å². The average Bonchev–Trinajstić information content (AvgIpc) is 3.26. The molecule has 0 saturated carbocycles. The first-order chi connectivity index (χ1) is 19.8. The van der Waals surface area contributed by atoms with Gasteiger partial charge in [-0.3, -0.25) is 9.36 Å². The van der Waals surface area contributed by atoms with Gasteiger partial charge in [-0.25, -0.2) is 9.79 Å². The third kappa shape index (κ3) is 5.17. The van der Waals surface area contributed by atoms with Crippen LogP contribution in [0.2, 0.25) is 0 Å². The van der Waals surface area contributed by atoms with Crippen molar-refractivity contribution in [2.24, 2.45) is 4.99 Å². The Kier molecular flexibility index (Phi) is 8.32. The Hall–Kier alpha value is -3.89. The monoisotopic (exact) mass is 636 g/mol. The maximum atomic E-state index is 14.2. The van der Waals surface area contributed by atoms with Gasteiger partial charge in [0, 0.05) is 5.56 Å². The van der Waals surface area contributed by atoms with E-state index in [0.717, 1.165) is 16.3 Å². The van der Waals surface area contributed by atoms with Crippen LogP contribution in [0.4, 0.5) is 0 Å². The zero-order chi connectivity index (χ0) is 29.3. The van der Waals surface area contributed by atoms with E-state index in [2.05, 4.69) is 15.9 Å². The highest BCUT2D eigenvalue weighted by Crippen LogP contribution is 2.40. The highest BCUT2D eigenvalue weighted by atomic mass is 79.9. The second-order valence-corrected chi connectivity index (χ2v) is 11.0. The summed E-state index contributed by atoms with van der Waals surface area (Å²) in [6.45, 7) is 6.08. The molecule has 0 N–H and O–H groups in total. The molecule has 8 nitrogen and oxygen atoms in total. The Balaban J connectivity index is 1.80. The van der Waals surface area contributed by atoms with Crippen LogP contribution in [0.5, 0.6) is 17.2 Å². The predicted octanol–water partition coefficient (Wildman–Crippen LogP) is 5.13. The quantitative estimate of drug-likeness (QED) is 0.249. The topological polar surface area (TPSA) is 88.4 Å². The average molecular weight is 638 g/mol. The Labute approximate surface area is 249 Å². The fourth-order valence-electron chi connectivity index (χ4n) is 5.06. The molecular formula is C31H29BrN2O6S. The van der Waals surface area contributed by atoms with E-state index in [-0.39, 0.29) is 12.2 Å². The van der Waals surface area contributed by atoms with Crippen molar-refractivity contribution < 1.29 is 23.7 Å². The second kappa shape index (κ2) is 11.9. The van der Waals surface area contributed by atoms with Crippen LogP contribution in [-0.4, -0.2) is 38.0 Å². The van der Waals surface area contributed by atoms with Gasteiger partial charge < -0.3 is 18.9 Å². The van der Waals surface area contributed by atoms with E-state index in [9.17, 15) is 9.59 Å². The van der Waals surface area contributed by atoms with Crippen LogP contribution in [0, 0.1) is 0 Å². The highest BCUT2D eigenvalue weighted by molar-refractivity contribution is 9.10. The van der Waals surface area contributed by atoms with E-state index in [0.29, 0.717) is 54.5 Å². The lowest BCUT2D eigenvalue weighted by atomic mass is 9.90. The molecule has 0 aliphatic carbocycles. The number of carbonyl (C=O) groups is 1. The van der Waals surface area contributed by atoms with Crippen LogP contribution >= 0.6 is 27.3 Å². The summed E-state index contributed by atoms with van der Waals surface area (Å²) in [5, 5.41) is 1.82. The molecule has 1 aliphatic rings. The summed E-state index contributed by atoms with van der Waals surface area (Å²) in [6.07, 6.45) is 1.79. The molecule has 5 rings (SSSR count). The van der Waals surface area contributed by atoms with Gasteiger partial charge in [0.1, 0.15) is 11.8 Å². The molecule has 2 heterocycles. The maximum Gasteiger partial charge on any atom is 0.338 e. The number of benzene rings is 3. The fourth-order valence-corrected chi connectivity index (χ4v) is 6.68. The van der Waals surface area contributed by atoms with E-state index in [1.54, 1.807) is 38.7 Å². The first-order valence-electron chi connectivity index (χ1n) is 13.1. The molecule has 0 amide bonds. The molecule has 0 bridgehead atoms. The Morgan fingerprint density at radius 1 is 1.07 bits per heavy atom. The summed E-state index contributed by atoms with van der Waals surface area (Å²) in [4.78, 5) is 32.8. The van der Waals surface area contributed by atoms with E-state index in [4.69, 9.17) is 23.9 Å². The smallest absolute Gasteiger partial charge is 0.338 e. The van der Waals surface area contributed by atoms with Crippen LogP contribution < -0.4 is 29.1 Å². The third-order valence-electron chi connectivity index (χ3n) is 6.78. The summed E-state index contributed by atoms with van der Waals surface area (Å²) in [5.41, 5.74) is 1.93. The minimum absolute atomic E-state index is 0.188. The number of esters is 1. The number of thiazole rings is 1. The lowest BCUT2D eigenvalue weighted by Crippen LogP contribution is -2.40. The molecule has 1 aromatic heterocycles. The summed E-state index contributed by atoms with van der Waals surface area (Å²) >= 11 is 4.81. The molecule has 0 unspecified atom stereocenters. The van der Waals surface area contributed by atoms with Crippen molar-refractivity contribution in [2.45, 2.75) is 26.8 Å². The minimum atomic E-state index is -0.810. The van der Waals surface area contributed by atoms with E-state index >= 15 is 0 Å². The third-order valence-corrected chi connectivity index (χ3v) is 8.35. The molecule has 1 aliphatic heterocycles. The van der Waals surface area contributed by atoms with Crippen molar-refractivity contribution in [1.29, 1.82) is 0 Å². The van der Waals surface area contributed by atoms with Gasteiger partial charge in [-0.2, -0.15) is 0 Å². The van der Waals surface area contributed by atoms with E-state index in [1.807, 2.05) is 55.5 Å². The molecule has 10 heteroatoms. The first kappa shape index (κ1) is 28.6. The van der Waals surface area contributed by atoms with Crippen molar-refractivity contribution >= 4 is 50.1 Å². The zero-order valence-electron chi connectivity index (χ0n) is 23.3. The number of hydrogen-bond donors (Lipinski definition) is 0. The number of allylic oxidation sites excluding steroid dienone is 1. The molecule has 0 spiro atoms. The van der Waals surface area contributed by atoms with Crippen molar-refractivity contribution in [3.05, 3.63) is 95.1 Å². The Morgan fingerprint density at radius 2 is 1.83 bits per heavy atom. The second-order valence-electron chi connectivity index (χ2n) is 9.17. The summed E-state index contributed by atoms with van der Waals surface area (Å²) in [6, 6.07) is 14.5. The summed E-state index contributed by atoms with van der Waals surface area (Å²) in [7, 11) is 3.15. The molecule has 0 saturated heterocycles. The summed E-state index contributed by atoms with van der Waals surface area (Å²) < 4.78 is 25.2. The number of methoxy groups -OCH3 is 2. The molecule has 0 radical (unpaired) electrons. The van der Waals surface area contributed by atoms with Crippen LogP contribution in [0.15, 0.2) is 74.1 Å². The number of fused-ring (bicyclic) bond motifs is 2. The molecule has 41 heavy (non-hydrogen) atoms. The molecular weight excluding hydrogens is 608 g/mol. The van der Waals surface area contributed by atoms with Gasteiger partial charge in [-0.15, -0.1) is 0 Å². The number of halogens is 1. The predicted molar refractivity (Wildman–Crippen MR) is 163 cm³/mol. The number of aromatic nitrogens is 1. The number of rotatable bonds is 8. The van der Waals surface area contributed by atoms with Gasteiger partial charge in [-0.05, 0) is 77.3 Å². The molecule has 1 atom stereocenters. The molecule has 3 aromatic carbocycles. The van der Waals surface area contributed by atoms with Crippen LogP contribution in [0.3, 0.4) is 0 Å². The van der Waals surface area contributed by atoms with Gasteiger partial charge in [0.2, 0.25) is 0 Å². The standard InChI is InChI=1S/C31H29BrN2O6S/c1-6-39-28-21(32)14-18(15-23(28)38-5)16-24-29(35)34-27(25(30(36)40-7-2)17(3)33-31(34)41-24)26-20-11-9-8-10-19(20)12-13-22(26)37-4/h8-16,27H,6-7H2,1-5H3/b24-16-/t27-/m1/s1. The number of nitrogens with zero attached hydrogens (tertiary/aromatic N) is 2. The Morgan fingerprint density at radius 3 is 2.54 bits per heavy atom. The molecule has 0 fully saturated rings. The lowest BCUT2D eigenvalue weighted by molar-refractivity contribution is -0.139. The maximum absolute atomic E-state index is 14.2. The minimum Gasteiger partial charge on any atom is -0.496 e. The van der Waals surface area contributed by atoms with Crippen LogP contribution in [-0.2, 0) is 9.53 Å². The van der Waals surface area contributed by atoms with E-state index < -0.39 is 12.0 Å². The fraction of sp³-hybridized carbons (Fsp3) is 0.258. The zero-order valence-corrected chi connectivity index (χ0v) is 25.7. The largest absolute Gasteiger partial charge is 0.496 e. The number of carbonyl (C=O) groups excluding carboxylic acids is 1. The number of hydrogen-bond acceptors (Lipinski definition) is 8. The van der Waals surface area contributed by atoms with Gasteiger partial charge in [-0.1, -0.05) is 41.7 Å². The van der Waals surface area contributed by atoms with Crippen molar-refractivity contribution in [1.82, 2.24) is 4.57 Å². The Bertz CT molecular complexity index is 1870. The lowest BCUT2D eigenvalue weighted by Gasteiger charge is -2.27. The van der Waals surface area contributed by atoms with Crippen molar-refractivity contribution in [3.63, 3.8) is 0 Å². The van der Waals surface area contributed by atoms with Crippen molar-refractivity contribution in [2.75, 3.05) is 27.4 Å².